The van der Waals surface area contributed by atoms with Crippen LogP contribution in [0.2, 0.25) is 0 Å². The van der Waals surface area contributed by atoms with Gasteiger partial charge in [0.05, 0.1) is 4.90 Å². The number of phenolic OH excluding ortho intramolecular Hbond substituents is 1. The van der Waals surface area contributed by atoms with Gasteiger partial charge in [0.1, 0.15) is 10.6 Å². The number of nitrogens with zero attached hydrogens (tertiary/aromatic N) is 2. The summed E-state index contributed by atoms with van der Waals surface area (Å²) in [4.78, 5) is 14.1. The number of sulfone groups is 1. The summed E-state index contributed by atoms with van der Waals surface area (Å²) in [6.45, 7) is 2.21. The second kappa shape index (κ2) is 7.77. The molecule has 0 bridgehead atoms. The maximum Gasteiger partial charge on any atom is 0.253 e. The lowest BCUT2D eigenvalue weighted by Gasteiger charge is -2.34. The average Bonchev–Trinajstić information content (AvgIpc) is 2.68. The first-order valence-electron chi connectivity index (χ1n) is 8.89. The number of rotatable bonds is 4. The lowest BCUT2D eigenvalue weighted by Crippen LogP contribution is -2.50. The number of sulfonamides is 1. The Bertz CT molecular complexity index is 1150. The number of hydrogen-bond donors (Lipinski definition) is 1. The molecule has 2 aromatic carbocycles. The summed E-state index contributed by atoms with van der Waals surface area (Å²) >= 11 is 0. The van der Waals surface area contributed by atoms with Crippen LogP contribution >= 0.6 is 0 Å². The Balaban J connectivity index is 1.75. The maximum atomic E-state index is 12.9. The third-order valence-electron chi connectivity index (χ3n) is 4.77. The Morgan fingerprint density at radius 3 is 2.24 bits per heavy atom. The Morgan fingerprint density at radius 1 is 0.966 bits per heavy atom. The first kappa shape index (κ1) is 21.3. The molecule has 1 aliphatic heterocycles. The molecular formula is C19H22N2O6S2. The molecular weight excluding hydrogens is 416 g/mol. The monoisotopic (exact) mass is 438 g/mol. The molecule has 1 heterocycles. The van der Waals surface area contributed by atoms with Gasteiger partial charge >= 0.3 is 0 Å². The minimum atomic E-state index is -3.89. The highest BCUT2D eigenvalue weighted by molar-refractivity contribution is 7.90. The molecule has 1 saturated heterocycles. The van der Waals surface area contributed by atoms with Crippen molar-refractivity contribution in [3.05, 3.63) is 53.6 Å². The molecule has 8 nitrogen and oxygen atoms in total. The standard InChI is InChI=1S/C19H22N2O6S2/c1-14-6-7-17(22)18(12-14)29(26,27)21-10-8-20(9-11-21)19(23)15-4-3-5-16(13-15)28(2,24)25/h3-7,12-13,22H,8-11H2,1-2H3. The van der Waals surface area contributed by atoms with Gasteiger partial charge in [-0.25, -0.2) is 16.8 Å². The van der Waals surface area contributed by atoms with Crippen molar-refractivity contribution in [3.63, 3.8) is 0 Å². The van der Waals surface area contributed by atoms with E-state index in [1.165, 1.54) is 45.6 Å². The number of carbonyl (C=O) groups is 1. The predicted octanol–water partition coefficient (Wildman–Crippen LogP) is 1.25. The van der Waals surface area contributed by atoms with E-state index in [0.29, 0.717) is 5.56 Å². The van der Waals surface area contributed by atoms with Crippen molar-refractivity contribution in [1.29, 1.82) is 0 Å². The summed E-state index contributed by atoms with van der Waals surface area (Å²) in [6, 6.07) is 10.2. The second-order valence-electron chi connectivity index (χ2n) is 6.97. The van der Waals surface area contributed by atoms with Gasteiger partial charge in [-0.2, -0.15) is 4.31 Å². The van der Waals surface area contributed by atoms with Crippen molar-refractivity contribution >= 4 is 25.8 Å². The van der Waals surface area contributed by atoms with Gasteiger partial charge in [-0.1, -0.05) is 12.1 Å². The van der Waals surface area contributed by atoms with Gasteiger partial charge in [-0.05, 0) is 42.8 Å². The van der Waals surface area contributed by atoms with E-state index in [9.17, 15) is 26.7 Å². The van der Waals surface area contributed by atoms with Crippen LogP contribution in [0.1, 0.15) is 15.9 Å². The van der Waals surface area contributed by atoms with Gasteiger partial charge in [-0.3, -0.25) is 4.79 Å². The Morgan fingerprint density at radius 2 is 1.62 bits per heavy atom. The van der Waals surface area contributed by atoms with E-state index in [-0.39, 0.29) is 53.2 Å². The first-order chi connectivity index (χ1) is 13.5. The lowest BCUT2D eigenvalue weighted by atomic mass is 10.2. The fraction of sp³-hybridized carbons (Fsp3) is 0.316. The van der Waals surface area contributed by atoms with Crippen LogP contribution in [0.4, 0.5) is 0 Å². The van der Waals surface area contributed by atoms with Crippen LogP contribution in [0, 0.1) is 6.92 Å². The highest BCUT2D eigenvalue weighted by Crippen LogP contribution is 2.27. The zero-order valence-corrected chi connectivity index (χ0v) is 17.7. The molecule has 0 spiro atoms. The van der Waals surface area contributed by atoms with Gasteiger partial charge < -0.3 is 10.0 Å². The molecule has 3 rings (SSSR count). The third-order valence-corrected chi connectivity index (χ3v) is 7.81. The molecule has 1 fully saturated rings. The van der Waals surface area contributed by atoms with E-state index in [2.05, 4.69) is 0 Å². The topological polar surface area (TPSA) is 112 Å². The molecule has 1 aliphatic rings. The minimum absolute atomic E-state index is 0.0551. The fourth-order valence-electron chi connectivity index (χ4n) is 3.14. The quantitative estimate of drug-likeness (QED) is 0.769. The number of aromatic hydroxyl groups is 1. The third kappa shape index (κ3) is 4.44. The summed E-state index contributed by atoms with van der Waals surface area (Å²) in [6.07, 6.45) is 1.07. The summed E-state index contributed by atoms with van der Waals surface area (Å²) in [5.74, 6) is -0.669. The zero-order valence-electron chi connectivity index (χ0n) is 16.1. The van der Waals surface area contributed by atoms with Crippen LogP contribution in [0.25, 0.3) is 0 Å². The highest BCUT2D eigenvalue weighted by atomic mass is 32.2. The largest absolute Gasteiger partial charge is 0.507 e. The van der Waals surface area contributed by atoms with Crippen molar-refractivity contribution in [2.24, 2.45) is 0 Å². The molecule has 0 radical (unpaired) electrons. The van der Waals surface area contributed by atoms with Gasteiger partial charge in [0, 0.05) is 38.0 Å². The van der Waals surface area contributed by atoms with E-state index in [4.69, 9.17) is 0 Å². The summed E-state index contributed by atoms with van der Waals surface area (Å²) in [5.41, 5.74) is 0.946. The minimum Gasteiger partial charge on any atom is -0.507 e. The second-order valence-corrected chi connectivity index (χ2v) is 10.9. The number of amides is 1. The van der Waals surface area contributed by atoms with Crippen molar-refractivity contribution in [3.8, 4) is 5.75 Å². The van der Waals surface area contributed by atoms with E-state index in [1.54, 1.807) is 13.0 Å². The van der Waals surface area contributed by atoms with Crippen LogP contribution in [0.3, 0.4) is 0 Å². The number of piperazine rings is 1. The summed E-state index contributed by atoms with van der Waals surface area (Å²) in [5, 5.41) is 9.96. The summed E-state index contributed by atoms with van der Waals surface area (Å²) in [7, 11) is -7.33. The van der Waals surface area contributed by atoms with Crippen molar-refractivity contribution in [1.82, 2.24) is 9.21 Å². The molecule has 10 heteroatoms. The molecule has 0 unspecified atom stereocenters. The number of carbonyl (C=O) groups excluding carboxylic acids is 1. The Hall–Kier alpha value is -2.43. The average molecular weight is 439 g/mol. The first-order valence-corrected chi connectivity index (χ1v) is 12.2. The Kier molecular flexibility index (Phi) is 5.70. The molecule has 29 heavy (non-hydrogen) atoms. The molecule has 156 valence electrons. The molecule has 1 amide bonds. The normalized spacial score (nSPS) is 16.0. The van der Waals surface area contributed by atoms with Crippen LogP contribution in [0.5, 0.6) is 5.75 Å². The smallest absolute Gasteiger partial charge is 0.253 e. The molecule has 0 saturated carbocycles. The van der Waals surface area contributed by atoms with E-state index < -0.39 is 19.9 Å². The van der Waals surface area contributed by atoms with E-state index in [0.717, 1.165) is 6.26 Å². The number of benzene rings is 2. The van der Waals surface area contributed by atoms with Crippen molar-refractivity contribution in [2.45, 2.75) is 16.7 Å². The lowest BCUT2D eigenvalue weighted by molar-refractivity contribution is 0.0697. The van der Waals surface area contributed by atoms with E-state index >= 15 is 0 Å². The Labute approximate surface area is 170 Å². The predicted molar refractivity (Wildman–Crippen MR) is 107 cm³/mol. The molecule has 1 N–H and O–H groups in total. The van der Waals surface area contributed by atoms with Gasteiger partial charge in [0.2, 0.25) is 10.0 Å². The number of aryl methyl sites for hydroxylation is 1. The summed E-state index contributed by atoms with van der Waals surface area (Å²) < 4.78 is 50.4. The van der Waals surface area contributed by atoms with Gasteiger partial charge in [0.25, 0.3) is 5.91 Å². The van der Waals surface area contributed by atoms with Crippen molar-refractivity contribution < 1.29 is 26.7 Å². The zero-order chi connectivity index (χ0) is 21.4. The highest BCUT2D eigenvalue weighted by Gasteiger charge is 2.32. The van der Waals surface area contributed by atoms with Gasteiger partial charge in [-0.15, -0.1) is 0 Å². The van der Waals surface area contributed by atoms with Gasteiger partial charge in [0.15, 0.2) is 9.84 Å². The van der Waals surface area contributed by atoms with Crippen LogP contribution in [-0.4, -0.2) is 69.5 Å². The molecule has 0 aliphatic carbocycles. The van der Waals surface area contributed by atoms with Crippen LogP contribution < -0.4 is 0 Å². The van der Waals surface area contributed by atoms with Crippen molar-refractivity contribution in [2.75, 3.05) is 32.4 Å². The number of hydrogen-bond acceptors (Lipinski definition) is 6. The maximum absolute atomic E-state index is 12.9. The fourth-order valence-corrected chi connectivity index (χ4v) is 5.40. The molecule has 0 aromatic heterocycles. The van der Waals surface area contributed by atoms with E-state index in [1.807, 2.05) is 0 Å². The SMILES string of the molecule is Cc1ccc(O)c(S(=O)(=O)N2CCN(C(=O)c3cccc(S(C)(=O)=O)c3)CC2)c1. The molecule has 0 atom stereocenters. The van der Waals surface area contributed by atoms with Crippen LogP contribution in [-0.2, 0) is 19.9 Å². The molecule has 2 aromatic rings. The van der Waals surface area contributed by atoms with Crippen LogP contribution in [0.15, 0.2) is 52.3 Å². The number of phenols is 1.